The second kappa shape index (κ2) is 6.48. The van der Waals surface area contributed by atoms with Gasteiger partial charge in [0.25, 0.3) is 0 Å². The number of ether oxygens (including phenoxy) is 1. The highest BCUT2D eigenvalue weighted by Gasteiger charge is 2.21. The summed E-state index contributed by atoms with van der Waals surface area (Å²) >= 11 is 0. The van der Waals surface area contributed by atoms with Crippen molar-refractivity contribution in [1.82, 2.24) is 0 Å². The molecule has 1 unspecified atom stereocenters. The standard InChI is InChI=1S/C12H17N3O3/c1-3-10(11(13)15-17)12(16)14-8-4-6-9(18-2)7-5-8/h4-7,10,17H,3H2,1-2H3,(H2,13,15)(H,14,16). The minimum atomic E-state index is -0.642. The summed E-state index contributed by atoms with van der Waals surface area (Å²) in [6.07, 6.45) is 0.456. The van der Waals surface area contributed by atoms with Crippen LogP contribution in [-0.2, 0) is 4.79 Å². The topological polar surface area (TPSA) is 96.9 Å². The van der Waals surface area contributed by atoms with Crippen LogP contribution in [0.5, 0.6) is 5.75 Å². The minimum Gasteiger partial charge on any atom is -0.497 e. The Bertz CT molecular complexity index is 429. The highest BCUT2D eigenvalue weighted by Crippen LogP contribution is 2.16. The van der Waals surface area contributed by atoms with Gasteiger partial charge in [0.1, 0.15) is 5.75 Å². The van der Waals surface area contributed by atoms with Crippen molar-refractivity contribution in [3.8, 4) is 5.75 Å². The Morgan fingerprint density at radius 1 is 1.50 bits per heavy atom. The van der Waals surface area contributed by atoms with Crippen LogP contribution in [0.2, 0.25) is 0 Å². The minimum absolute atomic E-state index is 0.0940. The predicted molar refractivity (Wildman–Crippen MR) is 68.8 cm³/mol. The zero-order valence-electron chi connectivity index (χ0n) is 10.4. The van der Waals surface area contributed by atoms with E-state index in [1.165, 1.54) is 0 Å². The molecule has 6 heteroatoms. The number of amidine groups is 1. The van der Waals surface area contributed by atoms with E-state index in [9.17, 15) is 4.79 Å². The van der Waals surface area contributed by atoms with Crippen molar-refractivity contribution < 1.29 is 14.7 Å². The molecule has 0 aromatic heterocycles. The van der Waals surface area contributed by atoms with Gasteiger partial charge in [-0.3, -0.25) is 4.79 Å². The van der Waals surface area contributed by atoms with Gasteiger partial charge in [-0.05, 0) is 30.7 Å². The lowest BCUT2D eigenvalue weighted by Crippen LogP contribution is -2.34. The molecule has 0 spiro atoms. The van der Waals surface area contributed by atoms with Crippen LogP contribution in [0.3, 0.4) is 0 Å². The Balaban J connectivity index is 2.73. The van der Waals surface area contributed by atoms with Crippen LogP contribution >= 0.6 is 0 Å². The van der Waals surface area contributed by atoms with Gasteiger partial charge in [-0.15, -0.1) is 0 Å². The molecular formula is C12H17N3O3. The van der Waals surface area contributed by atoms with E-state index < -0.39 is 5.92 Å². The molecule has 1 aromatic rings. The highest BCUT2D eigenvalue weighted by molar-refractivity contribution is 6.07. The number of nitrogens with two attached hydrogens (primary N) is 1. The Morgan fingerprint density at radius 3 is 2.56 bits per heavy atom. The fraction of sp³-hybridized carbons (Fsp3) is 0.333. The van der Waals surface area contributed by atoms with Crippen LogP contribution in [0, 0.1) is 5.92 Å². The Morgan fingerprint density at radius 2 is 2.11 bits per heavy atom. The van der Waals surface area contributed by atoms with Crippen LogP contribution < -0.4 is 15.8 Å². The predicted octanol–water partition coefficient (Wildman–Crippen LogP) is 1.41. The van der Waals surface area contributed by atoms with E-state index in [1.54, 1.807) is 38.3 Å². The second-order valence-corrected chi connectivity index (χ2v) is 3.70. The number of methoxy groups -OCH3 is 1. The Labute approximate surface area is 105 Å². The van der Waals surface area contributed by atoms with E-state index in [-0.39, 0.29) is 11.7 Å². The third kappa shape index (κ3) is 3.38. The van der Waals surface area contributed by atoms with Crippen LogP contribution in [0.4, 0.5) is 5.69 Å². The van der Waals surface area contributed by atoms with E-state index in [0.717, 1.165) is 0 Å². The molecule has 0 aliphatic heterocycles. The maximum absolute atomic E-state index is 11.9. The number of hydrogen-bond acceptors (Lipinski definition) is 4. The lowest BCUT2D eigenvalue weighted by molar-refractivity contribution is -0.118. The summed E-state index contributed by atoms with van der Waals surface area (Å²) in [5.74, 6) is -0.338. The number of carbonyl (C=O) groups excluding carboxylic acids is 1. The van der Waals surface area contributed by atoms with Gasteiger partial charge in [-0.25, -0.2) is 0 Å². The lowest BCUT2D eigenvalue weighted by Gasteiger charge is -2.13. The quantitative estimate of drug-likeness (QED) is 0.319. The molecule has 18 heavy (non-hydrogen) atoms. The number of oxime groups is 1. The highest BCUT2D eigenvalue weighted by atomic mass is 16.5. The van der Waals surface area contributed by atoms with Crippen LogP contribution in [0.25, 0.3) is 0 Å². The Kier molecular flexibility index (Phi) is 4.98. The molecular weight excluding hydrogens is 234 g/mol. The third-order valence-electron chi connectivity index (χ3n) is 2.55. The van der Waals surface area contributed by atoms with E-state index in [0.29, 0.717) is 17.9 Å². The summed E-state index contributed by atoms with van der Waals surface area (Å²) in [7, 11) is 1.57. The molecule has 0 radical (unpaired) electrons. The maximum atomic E-state index is 11.9. The van der Waals surface area contributed by atoms with Gasteiger partial charge >= 0.3 is 0 Å². The maximum Gasteiger partial charge on any atom is 0.235 e. The molecule has 1 aromatic carbocycles. The average molecular weight is 251 g/mol. The van der Waals surface area contributed by atoms with Gasteiger partial charge < -0.3 is 21.0 Å². The molecule has 0 saturated carbocycles. The third-order valence-corrected chi connectivity index (χ3v) is 2.55. The van der Waals surface area contributed by atoms with Gasteiger partial charge in [-0.2, -0.15) is 0 Å². The van der Waals surface area contributed by atoms with Gasteiger partial charge in [0.2, 0.25) is 5.91 Å². The van der Waals surface area contributed by atoms with Crippen molar-refractivity contribution in [1.29, 1.82) is 0 Å². The number of carbonyl (C=O) groups is 1. The second-order valence-electron chi connectivity index (χ2n) is 3.70. The average Bonchev–Trinajstić information content (AvgIpc) is 2.40. The fourth-order valence-corrected chi connectivity index (χ4v) is 1.50. The van der Waals surface area contributed by atoms with Crippen molar-refractivity contribution in [2.45, 2.75) is 13.3 Å². The van der Waals surface area contributed by atoms with Crippen molar-refractivity contribution in [2.75, 3.05) is 12.4 Å². The summed E-state index contributed by atoms with van der Waals surface area (Å²) in [4.78, 5) is 11.9. The largest absolute Gasteiger partial charge is 0.497 e. The number of hydrogen-bond donors (Lipinski definition) is 3. The van der Waals surface area contributed by atoms with E-state index in [2.05, 4.69) is 10.5 Å². The summed E-state index contributed by atoms with van der Waals surface area (Å²) in [5.41, 5.74) is 6.08. The van der Waals surface area contributed by atoms with Crippen molar-refractivity contribution >= 4 is 17.4 Å². The number of nitrogens with zero attached hydrogens (tertiary/aromatic N) is 1. The molecule has 0 fully saturated rings. The van der Waals surface area contributed by atoms with Crippen LogP contribution in [0.1, 0.15) is 13.3 Å². The molecule has 6 nitrogen and oxygen atoms in total. The number of nitrogens with one attached hydrogen (secondary N) is 1. The van der Waals surface area contributed by atoms with Gasteiger partial charge in [-0.1, -0.05) is 12.1 Å². The number of anilines is 1. The lowest BCUT2D eigenvalue weighted by atomic mass is 10.0. The summed E-state index contributed by atoms with van der Waals surface area (Å²) in [5, 5.41) is 14.1. The number of amides is 1. The van der Waals surface area contributed by atoms with Gasteiger partial charge in [0.05, 0.1) is 13.0 Å². The molecule has 0 bridgehead atoms. The first-order valence-electron chi connectivity index (χ1n) is 5.54. The summed E-state index contributed by atoms with van der Waals surface area (Å²) < 4.78 is 5.01. The van der Waals surface area contributed by atoms with Crippen LogP contribution in [-0.4, -0.2) is 24.1 Å². The molecule has 0 aliphatic carbocycles. The molecule has 1 rings (SSSR count). The van der Waals surface area contributed by atoms with Gasteiger partial charge in [0.15, 0.2) is 5.84 Å². The first-order chi connectivity index (χ1) is 8.62. The zero-order chi connectivity index (χ0) is 13.5. The fourth-order valence-electron chi connectivity index (χ4n) is 1.50. The van der Waals surface area contributed by atoms with E-state index in [4.69, 9.17) is 15.7 Å². The molecule has 1 atom stereocenters. The smallest absolute Gasteiger partial charge is 0.235 e. The number of benzene rings is 1. The van der Waals surface area contributed by atoms with E-state index in [1.807, 2.05) is 0 Å². The van der Waals surface area contributed by atoms with Gasteiger partial charge in [0, 0.05) is 5.69 Å². The molecule has 0 saturated heterocycles. The first-order valence-corrected chi connectivity index (χ1v) is 5.54. The summed E-state index contributed by atoms with van der Waals surface area (Å²) in [6.45, 7) is 1.79. The number of rotatable bonds is 5. The molecule has 1 amide bonds. The SMILES string of the molecule is CCC(C(=O)Nc1ccc(OC)cc1)C(N)=NO. The molecule has 0 aliphatic rings. The Hall–Kier alpha value is -2.24. The van der Waals surface area contributed by atoms with Crippen molar-refractivity contribution in [2.24, 2.45) is 16.8 Å². The van der Waals surface area contributed by atoms with E-state index >= 15 is 0 Å². The van der Waals surface area contributed by atoms with Crippen molar-refractivity contribution in [3.63, 3.8) is 0 Å². The summed E-state index contributed by atoms with van der Waals surface area (Å²) in [6, 6.07) is 6.91. The molecule has 4 N–H and O–H groups in total. The normalized spacial score (nSPS) is 12.9. The zero-order valence-corrected chi connectivity index (χ0v) is 10.4. The van der Waals surface area contributed by atoms with Crippen molar-refractivity contribution in [3.05, 3.63) is 24.3 Å². The monoisotopic (exact) mass is 251 g/mol. The first kappa shape index (κ1) is 13.8. The van der Waals surface area contributed by atoms with Crippen LogP contribution in [0.15, 0.2) is 29.4 Å². The molecule has 0 heterocycles. The molecule has 98 valence electrons.